The number of rotatable bonds is 7. The fraction of sp³-hybridized carbons (Fsp3) is 0.824. The minimum atomic E-state index is -0.146. The highest BCUT2D eigenvalue weighted by atomic mass is 16.6. The van der Waals surface area contributed by atoms with Crippen LogP contribution in [0.25, 0.3) is 0 Å². The molecule has 0 bridgehead atoms. The van der Waals surface area contributed by atoms with Crippen molar-refractivity contribution in [2.24, 2.45) is 11.8 Å². The van der Waals surface area contributed by atoms with E-state index in [1.165, 1.54) is 12.8 Å². The maximum absolute atomic E-state index is 12.1. The molecule has 1 unspecified atom stereocenters. The van der Waals surface area contributed by atoms with E-state index in [-0.39, 0.29) is 17.5 Å². The van der Waals surface area contributed by atoms with Gasteiger partial charge in [-0.1, -0.05) is 39.8 Å². The zero-order chi connectivity index (χ0) is 14.3. The van der Waals surface area contributed by atoms with Crippen molar-refractivity contribution in [2.75, 3.05) is 0 Å². The lowest BCUT2D eigenvalue weighted by molar-refractivity contribution is -0.164. The Labute approximate surface area is 118 Å². The predicted octanol–water partition coefficient (Wildman–Crippen LogP) is 4.88. The molecule has 0 aromatic carbocycles. The highest BCUT2D eigenvalue weighted by molar-refractivity contribution is 5.72. The first kappa shape index (κ1) is 16.3. The molecule has 19 heavy (non-hydrogen) atoms. The fourth-order valence-electron chi connectivity index (χ4n) is 2.63. The first-order valence-electron chi connectivity index (χ1n) is 7.87. The third-order valence-electron chi connectivity index (χ3n) is 4.14. The van der Waals surface area contributed by atoms with Crippen molar-refractivity contribution >= 4 is 5.97 Å². The molecule has 2 heteroatoms. The van der Waals surface area contributed by atoms with Gasteiger partial charge in [0.1, 0.15) is 5.60 Å². The van der Waals surface area contributed by atoms with Crippen LogP contribution < -0.4 is 0 Å². The van der Waals surface area contributed by atoms with E-state index in [0.29, 0.717) is 5.92 Å². The van der Waals surface area contributed by atoms with Gasteiger partial charge in [0.2, 0.25) is 0 Å². The zero-order valence-electron chi connectivity index (χ0n) is 13.1. The van der Waals surface area contributed by atoms with E-state index >= 15 is 0 Å². The van der Waals surface area contributed by atoms with E-state index < -0.39 is 0 Å². The SMILES string of the molecule is CCC1(OC(=O)C(C)C/C=C\CC(C)C)CCCC1. The van der Waals surface area contributed by atoms with E-state index in [1.54, 1.807) is 0 Å². The van der Waals surface area contributed by atoms with E-state index in [1.807, 2.05) is 6.92 Å². The van der Waals surface area contributed by atoms with Crippen LogP contribution >= 0.6 is 0 Å². The molecule has 1 atom stereocenters. The Bertz CT molecular complexity index is 298. The summed E-state index contributed by atoms with van der Waals surface area (Å²) in [6, 6.07) is 0. The molecule has 0 radical (unpaired) electrons. The molecule has 0 aromatic heterocycles. The first-order chi connectivity index (χ1) is 8.99. The van der Waals surface area contributed by atoms with Gasteiger partial charge in [0.25, 0.3) is 0 Å². The quantitative estimate of drug-likeness (QED) is 0.485. The predicted molar refractivity (Wildman–Crippen MR) is 80.0 cm³/mol. The lowest BCUT2D eigenvalue weighted by atomic mass is 9.98. The lowest BCUT2D eigenvalue weighted by Gasteiger charge is -2.29. The Morgan fingerprint density at radius 1 is 1.16 bits per heavy atom. The molecule has 1 aliphatic rings. The second-order valence-corrected chi connectivity index (χ2v) is 6.40. The molecule has 1 aliphatic carbocycles. The standard InChI is InChI=1S/C17H30O2/c1-5-17(12-8-9-13-17)19-16(18)15(4)11-7-6-10-14(2)3/h6-7,14-15H,5,8-13H2,1-4H3/b7-6-. The van der Waals surface area contributed by atoms with Gasteiger partial charge in [-0.2, -0.15) is 0 Å². The maximum Gasteiger partial charge on any atom is 0.309 e. The number of hydrogen-bond acceptors (Lipinski definition) is 2. The van der Waals surface area contributed by atoms with Crippen LogP contribution in [0.1, 0.15) is 72.6 Å². The average Bonchev–Trinajstić information content (AvgIpc) is 2.83. The van der Waals surface area contributed by atoms with Crippen LogP contribution in [-0.4, -0.2) is 11.6 Å². The van der Waals surface area contributed by atoms with Crippen LogP contribution in [0.4, 0.5) is 0 Å². The van der Waals surface area contributed by atoms with Crippen LogP contribution in [0.5, 0.6) is 0 Å². The Kier molecular flexibility index (Phi) is 6.60. The number of carbonyl (C=O) groups is 1. The fourth-order valence-corrected chi connectivity index (χ4v) is 2.63. The van der Waals surface area contributed by atoms with Gasteiger partial charge in [-0.05, 0) is 50.9 Å². The van der Waals surface area contributed by atoms with Crippen LogP contribution in [0.3, 0.4) is 0 Å². The zero-order valence-corrected chi connectivity index (χ0v) is 13.1. The highest BCUT2D eigenvalue weighted by Crippen LogP contribution is 2.36. The van der Waals surface area contributed by atoms with Crippen LogP contribution in [0.15, 0.2) is 12.2 Å². The molecule has 1 rings (SSSR count). The Morgan fingerprint density at radius 2 is 1.74 bits per heavy atom. The molecule has 0 spiro atoms. The minimum absolute atomic E-state index is 0.0158. The van der Waals surface area contributed by atoms with Crippen LogP contribution in [0, 0.1) is 11.8 Å². The largest absolute Gasteiger partial charge is 0.459 e. The van der Waals surface area contributed by atoms with Crippen molar-refractivity contribution in [1.82, 2.24) is 0 Å². The summed E-state index contributed by atoms with van der Waals surface area (Å²) in [7, 11) is 0. The summed E-state index contributed by atoms with van der Waals surface area (Å²) in [5.74, 6) is 0.644. The van der Waals surface area contributed by atoms with E-state index in [2.05, 4.69) is 32.9 Å². The Hall–Kier alpha value is -0.790. The summed E-state index contributed by atoms with van der Waals surface area (Å²) in [5, 5.41) is 0. The van der Waals surface area contributed by atoms with Gasteiger partial charge in [0, 0.05) is 0 Å². The first-order valence-corrected chi connectivity index (χ1v) is 7.87. The number of hydrogen-bond donors (Lipinski definition) is 0. The van der Waals surface area contributed by atoms with Crippen LogP contribution in [-0.2, 0) is 9.53 Å². The van der Waals surface area contributed by atoms with E-state index in [4.69, 9.17) is 4.74 Å². The summed E-state index contributed by atoms with van der Waals surface area (Å²) < 4.78 is 5.82. The molecule has 0 amide bonds. The summed E-state index contributed by atoms with van der Waals surface area (Å²) >= 11 is 0. The third kappa shape index (κ3) is 5.38. The molecule has 2 nitrogen and oxygen atoms in total. The van der Waals surface area contributed by atoms with Gasteiger partial charge < -0.3 is 4.74 Å². The lowest BCUT2D eigenvalue weighted by Crippen LogP contribution is -2.33. The summed E-state index contributed by atoms with van der Waals surface area (Å²) in [5.41, 5.74) is -0.146. The molecule has 1 saturated carbocycles. The highest BCUT2D eigenvalue weighted by Gasteiger charge is 2.36. The van der Waals surface area contributed by atoms with Crippen molar-refractivity contribution in [3.8, 4) is 0 Å². The minimum Gasteiger partial charge on any atom is -0.459 e. The molecule has 0 saturated heterocycles. The summed E-state index contributed by atoms with van der Waals surface area (Å²) in [4.78, 5) is 12.1. The van der Waals surface area contributed by atoms with E-state index in [0.717, 1.165) is 32.1 Å². The Balaban J connectivity index is 2.37. The normalized spacial score (nSPS) is 20.1. The topological polar surface area (TPSA) is 26.3 Å². The number of ether oxygens (including phenoxy) is 1. The second kappa shape index (κ2) is 7.72. The summed E-state index contributed by atoms with van der Waals surface area (Å²) in [6.45, 7) is 8.51. The van der Waals surface area contributed by atoms with Gasteiger partial charge >= 0.3 is 5.97 Å². The third-order valence-corrected chi connectivity index (χ3v) is 4.14. The molecule has 110 valence electrons. The van der Waals surface area contributed by atoms with E-state index in [9.17, 15) is 4.79 Å². The molecular formula is C17H30O2. The van der Waals surface area contributed by atoms with Gasteiger partial charge in [-0.15, -0.1) is 0 Å². The molecule has 0 aliphatic heterocycles. The summed E-state index contributed by atoms with van der Waals surface area (Å²) in [6.07, 6.45) is 11.6. The number of allylic oxidation sites excluding steroid dienone is 2. The van der Waals surface area contributed by atoms with Gasteiger partial charge in [0.15, 0.2) is 0 Å². The van der Waals surface area contributed by atoms with Crippen LogP contribution in [0.2, 0.25) is 0 Å². The average molecular weight is 266 g/mol. The number of esters is 1. The Morgan fingerprint density at radius 3 is 2.26 bits per heavy atom. The number of carbonyl (C=O) groups excluding carboxylic acids is 1. The molecule has 0 aromatic rings. The van der Waals surface area contributed by atoms with Gasteiger partial charge in [0.05, 0.1) is 5.92 Å². The van der Waals surface area contributed by atoms with Crippen molar-refractivity contribution in [3.05, 3.63) is 12.2 Å². The molecule has 0 N–H and O–H groups in total. The van der Waals surface area contributed by atoms with Crippen molar-refractivity contribution in [3.63, 3.8) is 0 Å². The smallest absolute Gasteiger partial charge is 0.309 e. The monoisotopic (exact) mass is 266 g/mol. The molecular weight excluding hydrogens is 236 g/mol. The van der Waals surface area contributed by atoms with Crippen molar-refractivity contribution in [2.45, 2.75) is 78.2 Å². The molecule has 1 fully saturated rings. The second-order valence-electron chi connectivity index (χ2n) is 6.40. The van der Waals surface area contributed by atoms with Gasteiger partial charge in [-0.25, -0.2) is 0 Å². The maximum atomic E-state index is 12.1. The van der Waals surface area contributed by atoms with Gasteiger partial charge in [-0.3, -0.25) is 4.79 Å². The molecule has 0 heterocycles. The van der Waals surface area contributed by atoms with Crippen molar-refractivity contribution in [1.29, 1.82) is 0 Å². The van der Waals surface area contributed by atoms with Crippen molar-refractivity contribution < 1.29 is 9.53 Å².